The molecule has 58 heavy (non-hydrogen) atoms. The number of allylic oxidation sites excluding steroid dienone is 3. The lowest BCUT2D eigenvalue weighted by Crippen LogP contribution is -2.49. The molecule has 0 radical (unpaired) electrons. The number of rotatable bonds is 19. The van der Waals surface area contributed by atoms with Crippen molar-refractivity contribution in [2.45, 2.75) is 181 Å². The zero-order chi connectivity index (χ0) is 42.0. The first kappa shape index (κ1) is 45.0. The van der Waals surface area contributed by atoms with Crippen LogP contribution in [0.4, 0.5) is 0 Å². The molecule has 1 fully saturated rings. The van der Waals surface area contributed by atoms with Gasteiger partial charge in [0.2, 0.25) is 0 Å². The van der Waals surface area contributed by atoms with Gasteiger partial charge < -0.3 is 4.84 Å². The highest BCUT2D eigenvalue weighted by molar-refractivity contribution is 8.04. The molecule has 1 unspecified atom stereocenters. The molecule has 0 aromatic heterocycles. The monoisotopic (exact) mass is 819 g/mol. The van der Waals surface area contributed by atoms with Gasteiger partial charge in [0.05, 0.1) is 0 Å². The number of fused-ring (bicyclic) bond motifs is 4. The second-order valence-electron chi connectivity index (χ2n) is 20.9. The van der Waals surface area contributed by atoms with E-state index in [2.05, 4.69) is 156 Å². The molecule has 3 aromatic carbocycles. The Morgan fingerprint density at radius 3 is 1.93 bits per heavy atom. The Morgan fingerprint density at radius 1 is 0.741 bits per heavy atom. The van der Waals surface area contributed by atoms with Gasteiger partial charge in [-0.05, 0) is 93.8 Å². The molecule has 1 heterocycles. The average Bonchev–Trinajstić information content (AvgIpc) is 3.75. The quantitative estimate of drug-likeness (QED) is 0.0516. The van der Waals surface area contributed by atoms with Crippen molar-refractivity contribution in [1.82, 2.24) is 0 Å². The molecule has 1 aliphatic heterocycles. The molecule has 2 aliphatic carbocycles. The number of nitrogens with zero attached hydrogens (tertiary/aromatic N) is 1. The summed E-state index contributed by atoms with van der Waals surface area (Å²) in [4.78, 5) is 8.93. The van der Waals surface area contributed by atoms with Crippen LogP contribution in [0.1, 0.15) is 168 Å². The minimum absolute atomic E-state index is 0.00950. The summed E-state index contributed by atoms with van der Waals surface area (Å²) in [6, 6.07) is 22.2. The second kappa shape index (κ2) is 18.2. The largest absolute Gasteiger partial charge is 0.315 e. The third-order valence-electron chi connectivity index (χ3n) is 14.0. The Bertz CT molecular complexity index is 1970. The first-order valence-corrected chi connectivity index (χ1v) is 27.4. The maximum Gasteiger partial charge on any atom is 0.197 e. The number of benzene rings is 3. The zero-order valence-electron chi connectivity index (χ0n) is 39.2. The maximum absolute atomic E-state index is 7.31. The van der Waals surface area contributed by atoms with Crippen LogP contribution in [0.5, 0.6) is 5.75 Å². The summed E-state index contributed by atoms with van der Waals surface area (Å²) in [5, 5.41) is 3.83. The maximum atomic E-state index is 7.31. The van der Waals surface area contributed by atoms with E-state index in [9.17, 15) is 0 Å². The van der Waals surface area contributed by atoms with Crippen LogP contribution in [0.25, 0.3) is 22.3 Å². The van der Waals surface area contributed by atoms with Crippen LogP contribution in [-0.4, -0.2) is 39.1 Å². The van der Waals surface area contributed by atoms with E-state index >= 15 is 0 Å². The summed E-state index contributed by atoms with van der Waals surface area (Å²) in [5.74, 6) is 1.58. The van der Waals surface area contributed by atoms with Gasteiger partial charge in [-0.2, -0.15) is 0 Å². The van der Waals surface area contributed by atoms with Crippen molar-refractivity contribution in [1.29, 1.82) is 0 Å². The minimum atomic E-state index is -2.27. The first-order valence-electron chi connectivity index (χ1n) is 23.5. The predicted octanol–water partition coefficient (Wildman–Crippen LogP) is 15.6. The van der Waals surface area contributed by atoms with Gasteiger partial charge >= 0.3 is 0 Å². The van der Waals surface area contributed by atoms with E-state index in [1.807, 2.05) is 0 Å². The van der Waals surface area contributed by atoms with Crippen LogP contribution in [0.3, 0.4) is 0 Å². The molecular formula is C54H80NOSSi+. The number of hydroxylamine groups is 3. The lowest BCUT2D eigenvalue weighted by Gasteiger charge is -2.36. The molecule has 0 saturated carbocycles. The van der Waals surface area contributed by atoms with Gasteiger partial charge in [0.1, 0.15) is 29.2 Å². The fraction of sp³-hybridized carbons (Fsp3) is 0.593. The van der Waals surface area contributed by atoms with Crippen LogP contribution >= 0.6 is 11.8 Å². The van der Waals surface area contributed by atoms with Crippen LogP contribution < -0.4 is 10.0 Å². The van der Waals surface area contributed by atoms with Gasteiger partial charge in [-0.3, -0.25) is 0 Å². The highest BCUT2D eigenvalue weighted by atomic mass is 32.2. The molecular weight excluding hydrogens is 739 g/mol. The molecule has 3 aromatic rings. The highest BCUT2D eigenvalue weighted by Crippen LogP contribution is 2.57. The van der Waals surface area contributed by atoms with E-state index in [-0.39, 0.29) is 10.8 Å². The normalized spacial score (nSPS) is 18.9. The van der Waals surface area contributed by atoms with Gasteiger partial charge in [-0.15, -0.1) is 16.4 Å². The number of thioether (sulfide) groups is 1. The van der Waals surface area contributed by atoms with Gasteiger partial charge in [0, 0.05) is 21.1 Å². The third-order valence-corrected chi connectivity index (χ3v) is 19.2. The lowest BCUT2D eigenvalue weighted by atomic mass is 9.70. The van der Waals surface area contributed by atoms with Gasteiger partial charge in [-0.25, -0.2) is 0 Å². The van der Waals surface area contributed by atoms with Gasteiger partial charge in [0.25, 0.3) is 0 Å². The Kier molecular flexibility index (Phi) is 14.1. The topological polar surface area (TPSA) is 9.23 Å². The number of quaternary nitrogens is 1. The first-order chi connectivity index (χ1) is 27.4. The summed E-state index contributed by atoms with van der Waals surface area (Å²) < 4.78 is 0.422. The molecule has 3 aliphatic rings. The Morgan fingerprint density at radius 2 is 1.33 bits per heavy atom. The SMILES string of the molecule is CCCCCCCCC1(CCCCCCCC)c2ccccc2-c2ccc(-c3cc(C(C)(C)C)cc([Si](C)(C)C4=C5SC(C)CC5=C(C)[C@H]4C)c3O[N+](C)(C)C)cc21. The highest BCUT2D eigenvalue weighted by Gasteiger charge is 2.46. The molecule has 0 N–H and O–H groups in total. The van der Waals surface area contributed by atoms with Crippen LogP contribution in [0.2, 0.25) is 13.1 Å². The molecule has 2 atom stereocenters. The molecule has 4 heteroatoms. The molecule has 316 valence electrons. The minimum Gasteiger partial charge on any atom is -0.315 e. The van der Waals surface area contributed by atoms with Gasteiger partial charge in [-0.1, -0.05) is 192 Å². The van der Waals surface area contributed by atoms with Crippen LogP contribution in [0, 0.1) is 5.92 Å². The van der Waals surface area contributed by atoms with Crippen molar-refractivity contribution in [3.8, 4) is 28.0 Å². The molecule has 0 spiro atoms. The molecule has 1 saturated heterocycles. The lowest BCUT2D eigenvalue weighted by molar-refractivity contribution is -1.03. The summed E-state index contributed by atoms with van der Waals surface area (Å²) in [6.07, 6.45) is 19.7. The van der Waals surface area contributed by atoms with Crippen molar-refractivity contribution >= 4 is 25.0 Å². The standard InChI is InChI=1S/C54H80NOSSi/c1-14-16-18-20-22-26-32-54(33-27-23-21-19-17-15-2)47-29-25-24-28-43(47)44-31-30-41(35-48(44)54)46-36-42(53(6,7)8)37-49(50(46)56-55(9,10)11)58(12,13)52-40(5)39(4)45-34-38(3)57-51(45)52/h24-25,28-31,35-38,40H,14-23,26-27,32-34H2,1-13H3/q+1/t38?,40-/m1/s1. The molecule has 6 rings (SSSR count). The van der Waals surface area contributed by atoms with Crippen LogP contribution in [0.15, 0.2) is 75.8 Å². The van der Waals surface area contributed by atoms with Crippen molar-refractivity contribution in [2.75, 3.05) is 21.1 Å². The fourth-order valence-corrected chi connectivity index (χ4v) is 16.6. The zero-order valence-corrected chi connectivity index (χ0v) is 41.0. The predicted molar refractivity (Wildman–Crippen MR) is 259 cm³/mol. The number of hydrogen-bond donors (Lipinski definition) is 0. The van der Waals surface area contributed by atoms with E-state index in [0.29, 0.717) is 15.8 Å². The van der Waals surface area contributed by atoms with E-state index in [4.69, 9.17) is 4.84 Å². The number of hydrogen-bond acceptors (Lipinski definition) is 2. The Labute approximate surface area is 361 Å². The van der Waals surface area contributed by atoms with Crippen molar-refractivity contribution in [3.63, 3.8) is 0 Å². The van der Waals surface area contributed by atoms with E-state index in [1.165, 1.54) is 129 Å². The fourth-order valence-electron chi connectivity index (χ4n) is 10.7. The van der Waals surface area contributed by atoms with E-state index < -0.39 is 8.07 Å². The Balaban J connectivity index is 1.54. The van der Waals surface area contributed by atoms with Crippen molar-refractivity contribution in [3.05, 3.63) is 92.5 Å². The third kappa shape index (κ3) is 9.20. The van der Waals surface area contributed by atoms with Crippen LogP contribution in [-0.2, 0) is 10.8 Å². The van der Waals surface area contributed by atoms with Crippen molar-refractivity contribution in [2.24, 2.45) is 5.92 Å². The summed E-state index contributed by atoms with van der Waals surface area (Å²) in [6.45, 7) is 24.4. The molecule has 0 bridgehead atoms. The summed E-state index contributed by atoms with van der Waals surface area (Å²) in [5.41, 5.74) is 13.4. The average molecular weight is 819 g/mol. The van der Waals surface area contributed by atoms with Crippen molar-refractivity contribution < 1.29 is 9.48 Å². The number of unbranched alkanes of at least 4 members (excludes halogenated alkanes) is 10. The smallest absolute Gasteiger partial charge is 0.197 e. The molecule has 0 amide bonds. The Hall–Kier alpha value is -2.53. The molecule has 2 nitrogen and oxygen atoms in total. The van der Waals surface area contributed by atoms with E-state index in [1.54, 1.807) is 32.4 Å². The van der Waals surface area contributed by atoms with Gasteiger partial charge in [0.15, 0.2) is 5.75 Å². The van der Waals surface area contributed by atoms with E-state index in [0.717, 1.165) is 5.75 Å². The summed E-state index contributed by atoms with van der Waals surface area (Å²) in [7, 11) is 4.28. The second-order valence-corrected chi connectivity index (χ2v) is 26.7. The summed E-state index contributed by atoms with van der Waals surface area (Å²) >= 11 is 2.14.